The van der Waals surface area contributed by atoms with Crippen LogP contribution < -0.4 is 0 Å². The van der Waals surface area contributed by atoms with Gasteiger partial charge in [-0.15, -0.1) is 0 Å². The first-order valence-corrected chi connectivity index (χ1v) is 9.94. The van der Waals surface area contributed by atoms with Crippen LogP contribution in [0.4, 0.5) is 0 Å². The Morgan fingerprint density at radius 3 is 2.87 bits per heavy atom. The molecular formula is C15H24N4O3S. The van der Waals surface area contributed by atoms with E-state index in [0.717, 1.165) is 25.9 Å². The SMILES string of the molecule is CN(C(=O)CN1CCC[C@@H]1Cn1cccn1)[C@@H]1CCS(=O)(=O)C1. The third-order valence-corrected chi connectivity index (χ3v) is 6.69. The van der Waals surface area contributed by atoms with Crippen LogP contribution >= 0.6 is 0 Å². The molecule has 8 heteroatoms. The number of carbonyl (C=O) groups is 1. The third kappa shape index (κ3) is 3.92. The molecule has 2 atom stereocenters. The minimum atomic E-state index is -2.97. The van der Waals surface area contributed by atoms with Gasteiger partial charge in [-0.25, -0.2) is 8.42 Å². The van der Waals surface area contributed by atoms with E-state index in [0.29, 0.717) is 19.0 Å². The van der Waals surface area contributed by atoms with E-state index in [-0.39, 0.29) is 23.5 Å². The van der Waals surface area contributed by atoms with Gasteiger partial charge in [0.15, 0.2) is 9.84 Å². The summed E-state index contributed by atoms with van der Waals surface area (Å²) in [5.41, 5.74) is 0. The fourth-order valence-electron chi connectivity index (χ4n) is 3.50. The van der Waals surface area contributed by atoms with Gasteiger partial charge in [0.2, 0.25) is 5.91 Å². The summed E-state index contributed by atoms with van der Waals surface area (Å²) in [6.45, 7) is 2.06. The summed E-state index contributed by atoms with van der Waals surface area (Å²) in [6, 6.07) is 2.05. The third-order valence-electron chi connectivity index (χ3n) is 4.94. The molecule has 0 aromatic carbocycles. The molecule has 0 radical (unpaired) electrons. The predicted molar refractivity (Wildman–Crippen MR) is 86.7 cm³/mol. The number of amides is 1. The summed E-state index contributed by atoms with van der Waals surface area (Å²) < 4.78 is 25.1. The Bertz CT molecular complexity index is 644. The van der Waals surface area contributed by atoms with Crippen molar-refractivity contribution in [1.29, 1.82) is 0 Å². The molecule has 1 aromatic rings. The number of hydrogen-bond donors (Lipinski definition) is 0. The molecule has 2 saturated heterocycles. The largest absolute Gasteiger partial charge is 0.341 e. The second-order valence-electron chi connectivity index (χ2n) is 6.56. The van der Waals surface area contributed by atoms with Crippen molar-refractivity contribution in [3.63, 3.8) is 0 Å². The van der Waals surface area contributed by atoms with Gasteiger partial charge in [0.05, 0.1) is 24.6 Å². The van der Waals surface area contributed by atoms with E-state index in [1.54, 1.807) is 18.1 Å². The van der Waals surface area contributed by atoms with E-state index in [4.69, 9.17) is 0 Å². The normalized spacial score (nSPS) is 27.3. The molecule has 0 spiro atoms. The lowest BCUT2D eigenvalue weighted by Crippen LogP contribution is -2.45. The first-order chi connectivity index (χ1) is 10.9. The van der Waals surface area contributed by atoms with Crippen LogP contribution in [0.2, 0.25) is 0 Å². The average Bonchev–Trinajstić information content (AvgIpc) is 3.21. The van der Waals surface area contributed by atoms with E-state index in [1.165, 1.54) is 0 Å². The van der Waals surface area contributed by atoms with Crippen LogP contribution in [-0.4, -0.2) is 77.6 Å². The van der Waals surface area contributed by atoms with Gasteiger partial charge in [0.25, 0.3) is 0 Å². The smallest absolute Gasteiger partial charge is 0.236 e. The van der Waals surface area contributed by atoms with E-state index < -0.39 is 9.84 Å². The van der Waals surface area contributed by atoms with Crippen molar-refractivity contribution in [1.82, 2.24) is 19.6 Å². The van der Waals surface area contributed by atoms with E-state index in [1.807, 2.05) is 16.9 Å². The fourth-order valence-corrected chi connectivity index (χ4v) is 5.28. The molecule has 0 bridgehead atoms. The quantitative estimate of drug-likeness (QED) is 0.754. The number of nitrogens with zero attached hydrogens (tertiary/aromatic N) is 4. The fraction of sp³-hybridized carbons (Fsp3) is 0.733. The summed E-state index contributed by atoms with van der Waals surface area (Å²) in [4.78, 5) is 16.3. The van der Waals surface area contributed by atoms with Gasteiger partial charge >= 0.3 is 0 Å². The van der Waals surface area contributed by atoms with E-state index in [2.05, 4.69) is 10.00 Å². The summed E-state index contributed by atoms with van der Waals surface area (Å²) in [7, 11) is -1.24. The number of hydrogen-bond acceptors (Lipinski definition) is 5. The van der Waals surface area contributed by atoms with Crippen molar-refractivity contribution < 1.29 is 13.2 Å². The van der Waals surface area contributed by atoms with Gasteiger partial charge < -0.3 is 4.90 Å². The number of carbonyl (C=O) groups excluding carboxylic acids is 1. The van der Waals surface area contributed by atoms with Gasteiger partial charge in [0.1, 0.15) is 0 Å². The van der Waals surface area contributed by atoms with Crippen molar-refractivity contribution in [3.05, 3.63) is 18.5 Å². The van der Waals surface area contributed by atoms with Crippen molar-refractivity contribution >= 4 is 15.7 Å². The summed E-state index contributed by atoms with van der Waals surface area (Å²) in [5, 5.41) is 4.24. The molecule has 2 aliphatic heterocycles. The first-order valence-electron chi connectivity index (χ1n) is 8.12. The zero-order chi connectivity index (χ0) is 16.4. The second-order valence-corrected chi connectivity index (χ2v) is 8.78. The van der Waals surface area contributed by atoms with E-state index >= 15 is 0 Å². The Labute approximate surface area is 137 Å². The lowest BCUT2D eigenvalue weighted by molar-refractivity contribution is -0.133. The van der Waals surface area contributed by atoms with Gasteiger partial charge in [0, 0.05) is 31.5 Å². The predicted octanol–water partition coefficient (Wildman–Crippen LogP) is -0.00700. The second kappa shape index (κ2) is 6.60. The van der Waals surface area contributed by atoms with Crippen molar-refractivity contribution in [2.45, 2.75) is 37.9 Å². The maximum Gasteiger partial charge on any atom is 0.236 e. The lowest BCUT2D eigenvalue weighted by atomic mass is 10.2. The molecule has 2 fully saturated rings. The van der Waals surface area contributed by atoms with Crippen LogP contribution in [0.1, 0.15) is 19.3 Å². The monoisotopic (exact) mass is 340 g/mol. The van der Waals surface area contributed by atoms with Crippen molar-refractivity contribution in [2.75, 3.05) is 31.6 Å². The van der Waals surface area contributed by atoms with Crippen LogP contribution in [0.3, 0.4) is 0 Å². The molecule has 0 aliphatic carbocycles. The number of aromatic nitrogens is 2. The highest BCUT2D eigenvalue weighted by molar-refractivity contribution is 7.91. The maximum atomic E-state index is 12.5. The molecule has 128 valence electrons. The summed E-state index contributed by atoms with van der Waals surface area (Å²) in [5.74, 6) is 0.312. The minimum Gasteiger partial charge on any atom is -0.341 e. The topological polar surface area (TPSA) is 75.5 Å². The molecule has 3 rings (SSSR count). The van der Waals surface area contributed by atoms with Gasteiger partial charge in [-0.3, -0.25) is 14.4 Å². The summed E-state index contributed by atoms with van der Waals surface area (Å²) in [6.07, 6.45) is 6.41. The molecule has 3 heterocycles. The zero-order valence-electron chi connectivity index (χ0n) is 13.5. The maximum absolute atomic E-state index is 12.5. The molecule has 1 amide bonds. The van der Waals surface area contributed by atoms with Gasteiger partial charge in [-0.05, 0) is 31.9 Å². The van der Waals surface area contributed by atoms with Crippen LogP contribution in [0.5, 0.6) is 0 Å². The van der Waals surface area contributed by atoms with Crippen molar-refractivity contribution in [3.8, 4) is 0 Å². The molecule has 0 saturated carbocycles. The average molecular weight is 340 g/mol. The van der Waals surface area contributed by atoms with Crippen LogP contribution in [0.25, 0.3) is 0 Å². The Morgan fingerprint density at radius 2 is 2.22 bits per heavy atom. The first kappa shape index (κ1) is 16.4. The zero-order valence-corrected chi connectivity index (χ0v) is 14.3. The molecule has 7 nitrogen and oxygen atoms in total. The van der Waals surface area contributed by atoms with Gasteiger partial charge in [-0.2, -0.15) is 5.10 Å². The Kier molecular flexibility index (Phi) is 4.72. The van der Waals surface area contributed by atoms with E-state index in [9.17, 15) is 13.2 Å². The number of sulfone groups is 1. The minimum absolute atomic E-state index is 0.0134. The van der Waals surface area contributed by atoms with Crippen LogP contribution in [-0.2, 0) is 21.2 Å². The molecule has 0 N–H and O–H groups in total. The molecule has 0 unspecified atom stereocenters. The Hall–Kier alpha value is -1.41. The standard InChI is InChI=1S/C15H24N4O3S/c1-17(14-5-9-23(21,22)12-14)15(20)11-18-7-2-4-13(18)10-19-8-3-6-16-19/h3,6,8,13-14H,2,4-5,7,9-12H2,1H3/t13-,14-/m1/s1. The summed E-state index contributed by atoms with van der Waals surface area (Å²) >= 11 is 0. The highest BCUT2D eigenvalue weighted by Gasteiger charge is 2.34. The molecular weight excluding hydrogens is 316 g/mol. The number of rotatable bonds is 5. The van der Waals surface area contributed by atoms with Crippen molar-refractivity contribution in [2.24, 2.45) is 0 Å². The molecule has 2 aliphatic rings. The Balaban J connectivity index is 1.56. The number of likely N-dealkylation sites (N-methyl/N-ethyl adjacent to an activating group) is 1. The van der Waals surface area contributed by atoms with Gasteiger partial charge in [-0.1, -0.05) is 0 Å². The molecule has 23 heavy (non-hydrogen) atoms. The lowest BCUT2D eigenvalue weighted by Gasteiger charge is -2.29. The van der Waals surface area contributed by atoms with Crippen LogP contribution in [0.15, 0.2) is 18.5 Å². The molecule has 1 aromatic heterocycles. The highest BCUT2D eigenvalue weighted by Crippen LogP contribution is 2.20. The number of likely N-dealkylation sites (tertiary alicyclic amines) is 1. The highest BCUT2D eigenvalue weighted by atomic mass is 32.2. The Morgan fingerprint density at radius 1 is 1.39 bits per heavy atom. The van der Waals surface area contributed by atoms with Crippen LogP contribution in [0, 0.1) is 0 Å².